The van der Waals surface area contributed by atoms with Crippen LogP contribution in [0.2, 0.25) is 0 Å². The van der Waals surface area contributed by atoms with E-state index >= 15 is 0 Å². The summed E-state index contributed by atoms with van der Waals surface area (Å²) in [5, 5.41) is 28.9. The molecule has 0 saturated heterocycles. The lowest BCUT2D eigenvalue weighted by molar-refractivity contribution is 0.0214. The number of phenolic OH excluding ortho intramolecular Hbond substituents is 1. The van der Waals surface area contributed by atoms with E-state index in [0.29, 0.717) is 6.42 Å². The standard InChI is InChI=1S/C14H22O3/c1-4-11(8-14(17)10(3)15)12-7-9(2)5-6-13(12)16/h5-7,10-11,14-17H,4,8H2,1-3H3. The molecule has 0 radical (unpaired) electrons. The molecule has 0 aliphatic carbocycles. The third-order valence-corrected chi connectivity index (χ3v) is 3.20. The fourth-order valence-corrected chi connectivity index (χ4v) is 2.00. The Morgan fingerprint density at radius 2 is 1.88 bits per heavy atom. The van der Waals surface area contributed by atoms with Crippen LogP contribution in [0.4, 0.5) is 0 Å². The zero-order valence-electron chi connectivity index (χ0n) is 10.7. The number of aryl methyl sites for hydroxylation is 1. The van der Waals surface area contributed by atoms with Crippen LogP contribution in [-0.4, -0.2) is 27.5 Å². The first-order chi connectivity index (χ1) is 7.95. The Hall–Kier alpha value is -1.06. The fraction of sp³-hybridized carbons (Fsp3) is 0.571. The Balaban J connectivity index is 2.89. The third-order valence-electron chi connectivity index (χ3n) is 3.20. The number of benzene rings is 1. The van der Waals surface area contributed by atoms with E-state index in [4.69, 9.17) is 0 Å². The minimum Gasteiger partial charge on any atom is -0.508 e. The van der Waals surface area contributed by atoms with Gasteiger partial charge in [0, 0.05) is 0 Å². The Morgan fingerprint density at radius 1 is 1.24 bits per heavy atom. The zero-order valence-corrected chi connectivity index (χ0v) is 10.7. The predicted octanol–water partition coefficient (Wildman–Crippen LogP) is 2.33. The maximum Gasteiger partial charge on any atom is 0.119 e. The molecule has 0 spiro atoms. The molecule has 3 atom stereocenters. The van der Waals surface area contributed by atoms with Crippen molar-refractivity contribution in [2.75, 3.05) is 0 Å². The van der Waals surface area contributed by atoms with Crippen molar-refractivity contribution in [3.05, 3.63) is 29.3 Å². The first kappa shape index (κ1) is 14.0. The molecule has 3 heteroatoms. The fourth-order valence-electron chi connectivity index (χ4n) is 2.00. The summed E-state index contributed by atoms with van der Waals surface area (Å²) in [7, 11) is 0. The Bertz CT molecular complexity index is 360. The van der Waals surface area contributed by atoms with Crippen molar-refractivity contribution in [3.8, 4) is 5.75 Å². The number of aliphatic hydroxyl groups is 2. The number of aliphatic hydroxyl groups excluding tert-OH is 2. The first-order valence-corrected chi connectivity index (χ1v) is 6.11. The van der Waals surface area contributed by atoms with E-state index in [2.05, 4.69) is 0 Å². The lowest BCUT2D eigenvalue weighted by Gasteiger charge is -2.22. The van der Waals surface area contributed by atoms with Gasteiger partial charge in [-0.1, -0.05) is 24.6 Å². The number of aromatic hydroxyl groups is 1. The van der Waals surface area contributed by atoms with Gasteiger partial charge in [0.25, 0.3) is 0 Å². The summed E-state index contributed by atoms with van der Waals surface area (Å²) in [4.78, 5) is 0. The molecule has 0 heterocycles. The van der Waals surface area contributed by atoms with Crippen LogP contribution in [0.15, 0.2) is 18.2 Å². The van der Waals surface area contributed by atoms with E-state index < -0.39 is 12.2 Å². The number of phenols is 1. The van der Waals surface area contributed by atoms with Gasteiger partial charge in [-0.05, 0) is 44.2 Å². The molecule has 0 saturated carbocycles. The number of hydrogen-bond acceptors (Lipinski definition) is 3. The van der Waals surface area contributed by atoms with Crippen molar-refractivity contribution in [1.29, 1.82) is 0 Å². The molecular weight excluding hydrogens is 216 g/mol. The molecule has 3 unspecified atom stereocenters. The molecule has 0 fully saturated rings. The largest absolute Gasteiger partial charge is 0.508 e. The van der Waals surface area contributed by atoms with Crippen molar-refractivity contribution in [2.45, 2.75) is 51.7 Å². The molecular formula is C14H22O3. The van der Waals surface area contributed by atoms with E-state index in [-0.39, 0.29) is 11.7 Å². The highest BCUT2D eigenvalue weighted by Gasteiger charge is 2.20. The van der Waals surface area contributed by atoms with Crippen molar-refractivity contribution in [1.82, 2.24) is 0 Å². The molecule has 3 N–H and O–H groups in total. The molecule has 0 aromatic heterocycles. The van der Waals surface area contributed by atoms with Crippen molar-refractivity contribution in [3.63, 3.8) is 0 Å². The molecule has 0 aliphatic rings. The van der Waals surface area contributed by atoms with Gasteiger partial charge in [-0.3, -0.25) is 0 Å². The summed E-state index contributed by atoms with van der Waals surface area (Å²) in [6.45, 7) is 5.56. The van der Waals surface area contributed by atoms with E-state index in [1.165, 1.54) is 0 Å². The monoisotopic (exact) mass is 238 g/mol. The quantitative estimate of drug-likeness (QED) is 0.737. The number of rotatable bonds is 5. The van der Waals surface area contributed by atoms with Crippen LogP contribution in [0.3, 0.4) is 0 Å². The van der Waals surface area contributed by atoms with Crippen molar-refractivity contribution < 1.29 is 15.3 Å². The second-order valence-corrected chi connectivity index (χ2v) is 4.71. The van der Waals surface area contributed by atoms with Crippen LogP contribution >= 0.6 is 0 Å². The molecule has 0 aliphatic heterocycles. The summed E-state index contributed by atoms with van der Waals surface area (Å²) >= 11 is 0. The summed E-state index contributed by atoms with van der Waals surface area (Å²) < 4.78 is 0. The minimum atomic E-state index is -0.750. The normalized spacial score (nSPS) is 16.5. The Kier molecular flexibility index (Phi) is 4.97. The molecule has 1 aromatic carbocycles. The summed E-state index contributed by atoms with van der Waals surface area (Å²) in [6.07, 6.45) is -0.206. The topological polar surface area (TPSA) is 60.7 Å². The smallest absolute Gasteiger partial charge is 0.119 e. The van der Waals surface area contributed by atoms with E-state index in [0.717, 1.165) is 17.5 Å². The average molecular weight is 238 g/mol. The second kappa shape index (κ2) is 6.03. The number of hydrogen-bond donors (Lipinski definition) is 3. The zero-order chi connectivity index (χ0) is 13.0. The maximum absolute atomic E-state index is 9.84. The minimum absolute atomic E-state index is 0.0690. The molecule has 96 valence electrons. The Morgan fingerprint density at radius 3 is 2.41 bits per heavy atom. The van der Waals surface area contributed by atoms with Gasteiger partial charge in [0.2, 0.25) is 0 Å². The highest BCUT2D eigenvalue weighted by Crippen LogP contribution is 2.32. The van der Waals surface area contributed by atoms with Crippen LogP contribution in [0.5, 0.6) is 5.75 Å². The van der Waals surface area contributed by atoms with Crippen LogP contribution in [0.25, 0.3) is 0 Å². The maximum atomic E-state index is 9.84. The molecule has 0 bridgehead atoms. The summed E-state index contributed by atoms with van der Waals surface area (Å²) in [6, 6.07) is 5.48. The molecule has 1 aromatic rings. The van der Waals surface area contributed by atoms with Gasteiger partial charge in [0.15, 0.2) is 0 Å². The lowest BCUT2D eigenvalue weighted by atomic mass is 9.88. The molecule has 1 rings (SSSR count). The van der Waals surface area contributed by atoms with Crippen LogP contribution in [-0.2, 0) is 0 Å². The molecule has 3 nitrogen and oxygen atoms in total. The average Bonchev–Trinajstić information content (AvgIpc) is 2.29. The highest BCUT2D eigenvalue weighted by molar-refractivity contribution is 5.38. The van der Waals surface area contributed by atoms with Crippen LogP contribution in [0, 0.1) is 6.92 Å². The van der Waals surface area contributed by atoms with Crippen LogP contribution < -0.4 is 0 Å². The van der Waals surface area contributed by atoms with Crippen LogP contribution in [0.1, 0.15) is 43.7 Å². The first-order valence-electron chi connectivity index (χ1n) is 6.11. The van der Waals surface area contributed by atoms with Gasteiger partial charge in [-0.25, -0.2) is 0 Å². The summed E-state index contributed by atoms with van der Waals surface area (Å²) in [5.74, 6) is 0.333. The van der Waals surface area contributed by atoms with E-state index in [9.17, 15) is 15.3 Å². The SMILES string of the molecule is CCC(CC(O)C(C)O)c1cc(C)ccc1O. The van der Waals surface area contributed by atoms with Crippen molar-refractivity contribution in [2.24, 2.45) is 0 Å². The predicted molar refractivity (Wildman–Crippen MR) is 68.2 cm³/mol. The van der Waals surface area contributed by atoms with Gasteiger partial charge >= 0.3 is 0 Å². The van der Waals surface area contributed by atoms with Crippen molar-refractivity contribution >= 4 is 0 Å². The van der Waals surface area contributed by atoms with Gasteiger partial charge < -0.3 is 15.3 Å². The van der Waals surface area contributed by atoms with Gasteiger partial charge in [-0.15, -0.1) is 0 Å². The lowest BCUT2D eigenvalue weighted by Crippen LogP contribution is -2.24. The Labute approximate surface area is 103 Å². The second-order valence-electron chi connectivity index (χ2n) is 4.71. The summed E-state index contributed by atoms with van der Waals surface area (Å²) in [5.41, 5.74) is 1.94. The van der Waals surface area contributed by atoms with Gasteiger partial charge in [0.05, 0.1) is 12.2 Å². The molecule has 0 amide bonds. The van der Waals surface area contributed by atoms with Gasteiger partial charge in [0.1, 0.15) is 5.75 Å². The highest BCUT2D eigenvalue weighted by atomic mass is 16.3. The molecule has 17 heavy (non-hydrogen) atoms. The van der Waals surface area contributed by atoms with Gasteiger partial charge in [-0.2, -0.15) is 0 Å². The van der Waals surface area contributed by atoms with E-state index in [1.54, 1.807) is 13.0 Å². The third kappa shape index (κ3) is 3.72. The van der Waals surface area contributed by atoms with E-state index in [1.807, 2.05) is 26.0 Å².